The molecular weight excluding hydrogens is 288 g/mol. The number of nitrogens with zero attached hydrogens (tertiary/aromatic N) is 4. The van der Waals surface area contributed by atoms with Crippen molar-refractivity contribution in [3.8, 4) is 0 Å². The first-order valence-electron chi connectivity index (χ1n) is 6.58. The predicted octanol–water partition coefficient (Wildman–Crippen LogP) is 1.30. The Morgan fingerprint density at radius 2 is 1.71 bits per heavy atom. The van der Waals surface area contributed by atoms with E-state index in [0.29, 0.717) is 0 Å². The van der Waals surface area contributed by atoms with Crippen LogP contribution in [0.15, 0.2) is 40.2 Å². The molecule has 1 saturated heterocycles. The van der Waals surface area contributed by atoms with Crippen molar-refractivity contribution in [2.75, 3.05) is 21.1 Å². The van der Waals surface area contributed by atoms with Crippen molar-refractivity contribution in [2.45, 2.75) is 17.1 Å². The largest absolute Gasteiger partial charge is 0.339 e. The van der Waals surface area contributed by atoms with E-state index < -0.39 is 12.2 Å². The van der Waals surface area contributed by atoms with E-state index in [0.717, 1.165) is 15.0 Å². The smallest absolute Gasteiger partial charge is 0.328 e. The first kappa shape index (κ1) is 13.9. The van der Waals surface area contributed by atoms with E-state index >= 15 is 0 Å². The minimum Gasteiger partial charge on any atom is -0.339 e. The Morgan fingerprint density at radius 3 is 2.38 bits per heavy atom. The second-order valence-electron chi connectivity index (χ2n) is 5.09. The minimum atomic E-state index is -0.447. The first-order chi connectivity index (χ1) is 10.0. The van der Waals surface area contributed by atoms with Gasteiger partial charge in [0.2, 0.25) is 0 Å². The van der Waals surface area contributed by atoms with E-state index in [1.165, 1.54) is 23.7 Å². The number of carbonyl (C=O) groups excluding carboxylic acids is 2. The normalized spacial score (nSPS) is 25.3. The van der Waals surface area contributed by atoms with Crippen LogP contribution in [0.2, 0.25) is 0 Å². The molecule has 1 aromatic carbocycles. The van der Waals surface area contributed by atoms with Gasteiger partial charge in [-0.25, -0.2) is 9.79 Å². The predicted molar refractivity (Wildman–Crippen MR) is 81.0 cm³/mol. The lowest BCUT2D eigenvalue weighted by Gasteiger charge is -2.38. The van der Waals surface area contributed by atoms with Gasteiger partial charge in [0, 0.05) is 26.0 Å². The maximum atomic E-state index is 12.3. The van der Waals surface area contributed by atoms with Crippen LogP contribution in [-0.2, 0) is 4.79 Å². The number of amidine groups is 1. The molecule has 1 aromatic rings. The van der Waals surface area contributed by atoms with Crippen LogP contribution in [-0.4, -0.2) is 65.2 Å². The van der Waals surface area contributed by atoms with Crippen molar-refractivity contribution in [2.24, 2.45) is 4.99 Å². The van der Waals surface area contributed by atoms with Gasteiger partial charge in [-0.1, -0.05) is 30.0 Å². The molecule has 0 bridgehead atoms. The highest BCUT2D eigenvalue weighted by molar-refractivity contribution is 8.13. The molecular formula is C14H16N4O2S. The number of hydrogen-bond acceptors (Lipinski definition) is 5. The van der Waals surface area contributed by atoms with Crippen LogP contribution in [0.5, 0.6) is 0 Å². The third kappa shape index (κ3) is 2.17. The van der Waals surface area contributed by atoms with Crippen LogP contribution in [0.3, 0.4) is 0 Å². The van der Waals surface area contributed by atoms with Gasteiger partial charge in [-0.3, -0.25) is 9.69 Å². The zero-order valence-electron chi connectivity index (χ0n) is 12.1. The molecule has 21 heavy (non-hydrogen) atoms. The number of aliphatic imine (C=N–C) groups is 1. The molecule has 1 fully saturated rings. The molecule has 0 aliphatic carbocycles. The van der Waals surface area contributed by atoms with Gasteiger partial charge in [-0.15, -0.1) is 0 Å². The molecule has 2 unspecified atom stereocenters. The molecule has 0 N–H and O–H groups in total. The van der Waals surface area contributed by atoms with E-state index in [1.807, 2.05) is 42.3 Å². The summed E-state index contributed by atoms with van der Waals surface area (Å²) in [6, 6.07) is 9.10. The Kier molecular flexibility index (Phi) is 3.36. The van der Waals surface area contributed by atoms with Crippen molar-refractivity contribution in [3.05, 3.63) is 30.3 Å². The van der Waals surface area contributed by atoms with Crippen molar-refractivity contribution >= 4 is 28.9 Å². The summed E-state index contributed by atoms with van der Waals surface area (Å²) in [7, 11) is 5.03. The fourth-order valence-corrected chi connectivity index (χ4v) is 3.44. The summed E-state index contributed by atoms with van der Waals surface area (Å²) in [4.78, 5) is 34.5. The molecule has 6 nitrogen and oxygen atoms in total. The zero-order valence-corrected chi connectivity index (χ0v) is 12.9. The fourth-order valence-electron chi connectivity index (χ4n) is 2.52. The van der Waals surface area contributed by atoms with Crippen molar-refractivity contribution in [1.29, 1.82) is 0 Å². The Balaban J connectivity index is 1.89. The monoisotopic (exact) mass is 304 g/mol. The maximum absolute atomic E-state index is 12.3. The molecule has 2 atom stereocenters. The van der Waals surface area contributed by atoms with Crippen LogP contribution in [0.25, 0.3) is 0 Å². The summed E-state index contributed by atoms with van der Waals surface area (Å²) in [5.74, 6) is -0.210. The maximum Gasteiger partial charge on any atom is 0.328 e. The minimum absolute atomic E-state index is 0.210. The lowest BCUT2D eigenvalue weighted by Crippen LogP contribution is -2.63. The highest BCUT2D eigenvalue weighted by Gasteiger charge is 2.49. The number of urea groups is 1. The molecule has 7 heteroatoms. The molecule has 0 saturated carbocycles. The van der Waals surface area contributed by atoms with E-state index in [1.54, 1.807) is 7.05 Å². The van der Waals surface area contributed by atoms with Gasteiger partial charge in [0.05, 0.1) is 0 Å². The van der Waals surface area contributed by atoms with Crippen LogP contribution >= 0.6 is 11.8 Å². The van der Waals surface area contributed by atoms with Crippen LogP contribution < -0.4 is 0 Å². The first-order valence-corrected chi connectivity index (χ1v) is 7.40. The van der Waals surface area contributed by atoms with Crippen molar-refractivity contribution < 1.29 is 9.59 Å². The second-order valence-corrected chi connectivity index (χ2v) is 6.13. The van der Waals surface area contributed by atoms with Gasteiger partial charge in [0.15, 0.2) is 17.4 Å². The summed E-state index contributed by atoms with van der Waals surface area (Å²) in [5, 5.41) is 0.750. The van der Waals surface area contributed by atoms with Crippen LogP contribution in [0.1, 0.15) is 0 Å². The Bertz CT molecular complexity index is 619. The Morgan fingerprint density at radius 1 is 1.05 bits per heavy atom. The average Bonchev–Trinajstić information content (AvgIpc) is 2.81. The quantitative estimate of drug-likeness (QED) is 0.785. The lowest BCUT2D eigenvalue weighted by molar-refractivity contribution is -0.135. The molecule has 110 valence electrons. The van der Waals surface area contributed by atoms with Crippen molar-refractivity contribution in [3.63, 3.8) is 0 Å². The lowest BCUT2D eigenvalue weighted by atomic mass is 10.1. The van der Waals surface area contributed by atoms with E-state index in [-0.39, 0.29) is 11.9 Å². The summed E-state index contributed by atoms with van der Waals surface area (Å²) in [6.45, 7) is 0. The van der Waals surface area contributed by atoms with Gasteiger partial charge in [-0.2, -0.15) is 0 Å². The van der Waals surface area contributed by atoms with Gasteiger partial charge >= 0.3 is 6.03 Å². The summed E-state index contributed by atoms with van der Waals surface area (Å²) in [6.07, 6.45) is -0.447. The second kappa shape index (κ2) is 5.07. The molecule has 2 heterocycles. The van der Waals surface area contributed by atoms with E-state index in [9.17, 15) is 9.59 Å². The number of hydrogen-bond donors (Lipinski definition) is 0. The molecule has 0 radical (unpaired) electrons. The molecule has 2 aliphatic rings. The number of amides is 3. The molecule has 0 aromatic heterocycles. The fraction of sp³-hybridized carbons (Fsp3) is 0.357. The summed E-state index contributed by atoms with van der Waals surface area (Å²) < 4.78 is 0. The van der Waals surface area contributed by atoms with Gasteiger partial charge < -0.3 is 9.80 Å². The van der Waals surface area contributed by atoms with Crippen LogP contribution in [0, 0.1) is 0 Å². The summed E-state index contributed by atoms with van der Waals surface area (Å²) in [5.41, 5.74) is 0. The van der Waals surface area contributed by atoms with Gasteiger partial charge in [0.1, 0.15) is 0 Å². The summed E-state index contributed by atoms with van der Waals surface area (Å²) >= 11 is 1.50. The molecule has 0 spiro atoms. The highest BCUT2D eigenvalue weighted by atomic mass is 32.2. The molecule has 3 amide bonds. The molecule has 2 aliphatic heterocycles. The van der Waals surface area contributed by atoms with Crippen molar-refractivity contribution in [1.82, 2.24) is 14.7 Å². The third-order valence-electron chi connectivity index (χ3n) is 3.77. The number of fused-ring (bicyclic) bond motifs is 1. The number of imide groups is 1. The van der Waals surface area contributed by atoms with E-state index in [4.69, 9.17) is 0 Å². The number of likely N-dealkylation sites (N-methyl/N-ethyl adjacent to an activating group) is 3. The van der Waals surface area contributed by atoms with E-state index in [2.05, 4.69) is 4.99 Å². The molecule has 3 rings (SSSR count). The van der Waals surface area contributed by atoms with Crippen LogP contribution in [0.4, 0.5) is 4.79 Å². The van der Waals surface area contributed by atoms with Gasteiger partial charge in [0.25, 0.3) is 5.91 Å². The number of carbonyl (C=O) groups is 2. The number of benzene rings is 1. The Labute approximate surface area is 127 Å². The highest BCUT2D eigenvalue weighted by Crippen LogP contribution is 2.32. The Hall–Kier alpha value is -2.02. The number of thioether (sulfide) groups is 1. The SMILES string of the molecule is CN1C(=O)C2C(N=C(Sc3ccccc3)N2C)N(C)C1=O. The zero-order chi connectivity index (χ0) is 15.1. The standard InChI is InChI=1S/C14H16N4O2S/c1-16-10-11(17(2)14(20)18(3)12(10)19)15-13(16)21-9-7-5-4-6-8-9/h4-8,10-11H,1-3H3. The van der Waals surface area contributed by atoms with Gasteiger partial charge in [-0.05, 0) is 12.1 Å². The number of rotatable bonds is 1. The average molecular weight is 304 g/mol. The topological polar surface area (TPSA) is 56.2 Å². The third-order valence-corrected chi connectivity index (χ3v) is 4.85.